The number of imidazole rings is 2. The quantitative estimate of drug-likeness (QED) is 0.0995. The molecular weight excluding hydrogens is 853 g/mol. The fourth-order valence-corrected chi connectivity index (χ4v) is 12.8. The van der Waals surface area contributed by atoms with Gasteiger partial charge in [0.25, 0.3) is 0 Å². The Morgan fingerprint density at radius 1 is 0.656 bits per heavy atom. The Balaban J connectivity index is 0.942. The molecule has 2 aliphatic carbocycles. The highest BCUT2D eigenvalue weighted by molar-refractivity contribution is 7.17. The zero-order valence-electron chi connectivity index (χ0n) is 36.7. The number of amides is 4. The summed E-state index contributed by atoms with van der Waals surface area (Å²) in [6.07, 6.45) is 7.71. The van der Waals surface area contributed by atoms with E-state index >= 15 is 0 Å². The van der Waals surface area contributed by atoms with E-state index in [1.54, 1.807) is 22.7 Å². The van der Waals surface area contributed by atoms with Gasteiger partial charge < -0.3 is 39.9 Å². The number of H-pyrrole nitrogens is 2. The molecule has 2 saturated carbocycles. The fraction of sp³-hybridized carbons (Fsp3) is 0.478. The topological polar surface area (TPSA) is 200 Å². The Morgan fingerprint density at radius 3 is 1.44 bits per heavy atom. The minimum atomic E-state index is -0.713. The number of likely N-dealkylation sites (tertiary alicyclic amines) is 2. The highest BCUT2D eigenvalue weighted by atomic mass is 32.1. The number of carbonyl (C=O) groups excluding carboxylic acids is 4. The SMILES string of the molecule is COC(=O)NC(C(=O)N1CC2CCC1(c1ncc(-c3ccc(-c4ccc(-c5cnc(C67CCC(CN6C(=O)C(NC(=O)OC)C(C)C)C7)[nH]5)c5scnc45)c4ncsc34)[nH]1)C2)C(C)C. The number of hydrogen-bond donors (Lipinski definition) is 4. The van der Waals surface area contributed by atoms with Crippen LogP contribution in [0.4, 0.5) is 9.59 Å². The number of thiazole rings is 2. The smallest absolute Gasteiger partial charge is 0.407 e. The van der Waals surface area contributed by atoms with Crippen molar-refractivity contribution < 1.29 is 28.7 Å². The first-order valence-electron chi connectivity index (χ1n) is 22.0. The standard InChI is InChI=1S/C46H52N10O6S2/c1-23(2)33(53-43(59)61-5)39(57)55-19-25-11-13-45(55,15-25)41-47-17-31(51-41)29-9-7-27(35-37(29)63-21-49-35)28-8-10-30(38-36(28)50-22-64-38)32-18-48-42(52-32)46-14-12-26(16-46)20-56(46)40(58)34(24(3)4)54-44(60)62-6/h7-10,17-18,21-26,33-34H,11-16,19-20H2,1-6H3,(H,47,51)(H,48,52)(H,53,59)(H,54,60). The molecule has 16 nitrogen and oxygen atoms in total. The summed E-state index contributed by atoms with van der Waals surface area (Å²) in [7, 11) is 2.61. The van der Waals surface area contributed by atoms with Crippen LogP contribution in [-0.2, 0) is 30.1 Å². The van der Waals surface area contributed by atoms with Gasteiger partial charge >= 0.3 is 12.2 Å². The maximum Gasteiger partial charge on any atom is 0.407 e. The third-order valence-electron chi connectivity index (χ3n) is 14.3. The lowest BCUT2D eigenvalue weighted by Gasteiger charge is -2.40. The van der Waals surface area contributed by atoms with Crippen molar-refractivity contribution in [3.05, 3.63) is 59.3 Å². The van der Waals surface area contributed by atoms with E-state index in [1.165, 1.54) is 14.2 Å². The van der Waals surface area contributed by atoms with Crippen LogP contribution in [0.15, 0.2) is 47.7 Å². The number of aromatic nitrogens is 6. The van der Waals surface area contributed by atoms with Crippen molar-refractivity contribution in [2.75, 3.05) is 27.3 Å². The van der Waals surface area contributed by atoms with Crippen LogP contribution in [0.5, 0.6) is 0 Å². The number of piperidine rings is 2. The monoisotopic (exact) mass is 904 g/mol. The Kier molecular flexibility index (Phi) is 10.5. The van der Waals surface area contributed by atoms with Crippen LogP contribution in [0.1, 0.15) is 77.9 Å². The van der Waals surface area contributed by atoms with E-state index in [1.807, 2.05) is 60.9 Å². The van der Waals surface area contributed by atoms with Crippen molar-refractivity contribution in [3.63, 3.8) is 0 Å². The van der Waals surface area contributed by atoms with E-state index in [0.29, 0.717) is 24.9 Å². The third-order valence-corrected chi connectivity index (χ3v) is 16.0. The molecule has 64 heavy (non-hydrogen) atoms. The van der Waals surface area contributed by atoms with Gasteiger partial charge in [-0.2, -0.15) is 0 Å². The molecule has 4 amide bonds. The number of benzene rings is 2. The number of ether oxygens (including phenoxy) is 2. The van der Waals surface area contributed by atoms with E-state index in [0.717, 1.165) is 104 Å². The van der Waals surface area contributed by atoms with E-state index in [2.05, 4.69) is 44.9 Å². The molecule has 2 aromatic carbocycles. The summed E-state index contributed by atoms with van der Waals surface area (Å²) in [6, 6.07) is 6.98. The van der Waals surface area contributed by atoms with Crippen LogP contribution in [-0.4, -0.2) is 103 Å². The molecule has 18 heteroatoms. The zero-order chi connectivity index (χ0) is 44.7. The van der Waals surface area contributed by atoms with Gasteiger partial charge in [-0.25, -0.2) is 29.5 Å². The number of rotatable bonds is 11. The highest BCUT2D eigenvalue weighted by Crippen LogP contribution is 2.54. The minimum absolute atomic E-state index is 0.118. The molecule has 10 rings (SSSR count). The molecule has 0 spiro atoms. The third kappa shape index (κ3) is 6.65. The van der Waals surface area contributed by atoms with Crippen molar-refractivity contribution in [3.8, 4) is 33.6 Å². The van der Waals surface area contributed by atoms with Crippen molar-refractivity contribution in [1.82, 2.24) is 50.3 Å². The number of fused-ring (bicyclic) bond motifs is 6. The van der Waals surface area contributed by atoms with Crippen LogP contribution < -0.4 is 10.6 Å². The Morgan fingerprint density at radius 2 is 1.06 bits per heavy atom. The number of carbonyl (C=O) groups is 4. The predicted octanol–water partition coefficient (Wildman–Crippen LogP) is 7.79. The van der Waals surface area contributed by atoms with Gasteiger partial charge in [0.2, 0.25) is 11.8 Å². The van der Waals surface area contributed by atoms with Gasteiger partial charge in [-0.05, 0) is 62.2 Å². The Hall–Kier alpha value is -5.88. The first kappa shape index (κ1) is 42.1. The average Bonchev–Trinajstić information content (AvgIpc) is 4.15. The van der Waals surface area contributed by atoms with Crippen LogP contribution in [0.3, 0.4) is 0 Å². The molecule has 6 heterocycles. The van der Waals surface area contributed by atoms with Gasteiger partial charge in [0.05, 0.1) is 69.5 Å². The van der Waals surface area contributed by atoms with Crippen LogP contribution in [0.25, 0.3) is 54.1 Å². The predicted molar refractivity (Wildman–Crippen MR) is 243 cm³/mol. The summed E-state index contributed by atoms with van der Waals surface area (Å²) in [5, 5.41) is 5.54. The van der Waals surface area contributed by atoms with Gasteiger partial charge in [-0.3, -0.25) is 9.59 Å². The second-order valence-corrected chi connectivity index (χ2v) is 20.3. The summed E-state index contributed by atoms with van der Waals surface area (Å²) < 4.78 is 11.7. The molecular formula is C46H52N10O6S2. The van der Waals surface area contributed by atoms with Crippen molar-refractivity contribution in [1.29, 1.82) is 0 Å². The molecule has 334 valence electrons. The molecule has 6 aromatic rings. The second kappa shape index (κ2) is 16.0. The summed E-state index contributed by atoms with van der Waals surface area (Å²) in [5.41, 5.74) is 9.84. The van der Waals surface area contributed by atoms with Crippen molar-refractivity contribution in [2.45, 2.75) is 89.4 Å². The lowest BCUT2D eigenvalue weighted by atomic mass is 9.93. The maximum absolute atomic E-state index is 14.1. The lowest BCUT2D eigenvalue weighted by Crippen LogP contribution is -2.56. The van der Waals surface area contributed by atoms with Gasteiger partial charge in [-0.15, -0.1) is 22.7 Å². The zero-order valence-corrected chi connectivity index (χ0v) is 38.3. The summed E-state index contributed by atoms with van der Waals surface area (Å²) in [6.45, 7) is 8.94. The molecule has 0 radical (unpaired) electrons. The number of nitrogens with zero attached hydrogens (tertiary/aromatic N) is 6. The van der Waals surface area contributed by atoms with Gasteiger partial charge in [0.15, 0.2) is 0 Å². The first-order chi connectivity index (χ1) is 30.8. The second-order valence-electron chi connectivity index (χ2n) is 18.6. The molecule has 6 atom stereocenters. The summed E-state index contributed by atoms with van der Waals surface area (Å²) in [5.74, 6) is 1.76. The number of nitrogens with one attached hydrogen (secondary N) is 4. The molecule has 2 aliphatic heterocycles. The van der Waals surface area contributed by atoms with Gasteiger partial charge in [0.1, 0.15) is 34.8 Å². The molecule has 4 aromatic heterocycles. The molecule has 4 bridgehead atoms. The van der Waals surface area contributed by atoms with Crippen LogP contribution >= 0.6 is 22.7 Å². The van der Waals surface area contributed by atoms with E-state index in [9.17, 15) is 19.2 Å². The van der Waals surface area contributed by atoms with E-state index < -0.39 is 35.3 Å². The highest BCUT2D eigenvalue weighted by Gasteiger charge is 2.58. The van der Waals surface area contributed by atoms with Crippen LogP contribution in [0, 0.1) is 23.7 Å². The van der Waals surface area contributed by atoms with Crippen molar-refractivity contribution in [2.24, 2.45) is 23.7 Å². The number of aromatic amines is 2. The number of methoxy groups -OCH3 is 2. The first-order valence-corrected chi connectivity index (χ1v) is 23.8. The minimum Gasteiger partial charge on any atom is -0.453 e. The summed E-state index contributed by atoms with van der Waals surface area (Å²) >= 11 is 3.14. The number of hydrogen-bond acceptors (Lipinski definition) is 12. The van der Waals surface area contributed by atoms with Crippen molar-refractivity contribution >= 4 is 67.1 Å². The lowest BCUT2D eigenvalue weighted by molar-refractivity contribution is -0.141. The Labute approximate surface area is 378 Å². The summed E-state index contributed by atoms with van der Waals surface area (Å²) in [4.78, 5) is 83.6. The van der Waals surface area contributed by atoms with Gasteiger partial charge in [0, 0.05) is 35.3 Å². The van der Waals surface area contributed by atoms with E-state index in [-0.39, 0.29) is 23.7 Å². The van der Waals surface area contributed by atoms with Gasteiger partial charge in [-0.1, -0.05) is 52.0 Å². The van der Waals surface area contributed by atoms with E-state index in [4.69, 9.17) is 29.4 Å². The molecule has 2 saturated heterocycles. The Bertz CT molecular complexity index is 2620. The van der Waals surface area contributed by atoms with Crippen LogP contribution in [0.2, 0.25) is 0 Å². The largest absolute Gasteiger partial charge is 0.453 e. The molecule has 6 unspecified atom stereocenters. The molecule has 4 N–H and O–H groups in total. The number of alkyl carbamates (subject to hydrolysis) is 2. The maximum atomic E-state index is 14.1. The molecule has 4 fully saturated rings. The fourth-order valence-electron chi connectivity index (χ4n) is 11.1. The molecule has 4 aliphatic rings. The average molecular weight is 905 g/mol. The normalized spacial score (nSPS) is 23.4.